The molecule has 6 heteroatoms. The maximum atomic E-state index is 11.8. The second-order valence-electron chi connectivity index (χ2n) is 4.12. The van der Waals surface area contributed by atoms with Crippen LogP contribution in [0.1, 0.15) is 13.3 Å². The average Bonchev–Trinajstić information content (AvgIpc) is 2.26. The Bertz CT molecular complexity index is 292. The van der Waals surface area contributed by atoms with Crippen LogP contribution in [-0.2, 0) is 10.0 Å². The predicted molar refractivity (Wildman–Crippen MR) is 59.2 cm³/mol. The number of hydrogen-bond donors (Lipinski definition) is 1. The van der Waals surface area contributed by atoms with Gasteiger partial charge in [-0.15, -0.1) is 0 Å². The summed E-state index contributed by atoms with van der Waals surface area (Å²) in [6.45, 7) is 3.85. The van der Waals surface area contributed by atoms with Gasteiger partial charge in [-0.3, -0.25) is 0 Å². The Morgan fingerprint density at radius 2 is 2.07 bits per heavy atom. The highest BCUT2D eigenvalue weighted by Gasteiger charge is 2.29. The first-order chi connectivity index (χ1) is 6.97. The minimum Gasteiger partial charge on any atom is -0.395 e. The van der Waals surface area contributed by atoms with E-state index in [9.17, 15) is 8.42 Å². The standard InChI is InChI=1S/C9H20N2O3S/c1-9-8-10(2)4-3-5-11(9)15(13,14)7-6-12/h9,12H,3-8H2,1-2H3. The Hall–Kier alpha value is -0.170. The fourth-order valence-corrected chi connectivity index (χ4v) is 3.48. The largest absolute Gasteiger partial charge is 0.395 e. The zero-order valence-electron chi connectivity index (χ0n) is 9.39. The molecule has 0 aliphatic carbocycles. The summed E-state index contributed by atoms with van der Waals surface area (Å²) in [4.78, 5) is 2.14. The van der Waals surface area contributed by atoms with Crippen molar-refractivity contribution >= 4 is 10.0 Å². The predicted octanol–water partition coefficient (Wildman–Crippen LogP) is -0.665. The summed E-state index contributed by atoms with van der Waals surface area (Å²) < 4.78 is 25.1. The van der Waals surface area contributed by atoms with Gasteiger partial charge in [0, 0.05) is 19.1 Å². The summed E-state index contributed by atoms with van der Waals surface area (Å²) in [6, 6.07) is -0.00551. The van der Waals surface area contributed by atoms with Crippen LogP contribution in [0.15, 0.2) is 0 Å². The van der Waals surface area contributed by atoms with Gasteiger partial charge in [-0.25, -0.2) is 8.42 Å². The van der Waals surface area contributed by atoms with Crippen LogP contribution in [-0.4, -0.2) is 67.8 Å². The van der Waals surface area contributed by atoms with Crippen LogP contribution in [0.25, 0.3) is 0 Å². The Morgan fingerprint density at radius 3 is 2.67 bits per heavy atom. The number of nitrogens with zero attached hydrogens (tertiary/aromatic N) is 2. The lowest BCUT2D eigenvalue weighted by Gasteiger charge is -2.26. The van der Waals surface area contributed by atoms with E-state index in [4.69, 9.17) is 5.11 Å². The third-order valence-electron chi connectivity index (χ3n) is 2.69. The number of likely N-dealkylation sites (N-methyl/N-ethyl adjacent to an activating group) is 1. The quantitative estimate of drug-likeness (QED) is 0.706. The first-order valence-corrected chi connectivity index (χ1v) is 6.87. The monoisotopic (exact) mass is 236 g/mol. The van der Waals surface area contributed by atoms with E-state index in [0.717, 1.165) is 19.5 Å². The number of rotatable bonds is 3. The molecule has 0 aromatic carbocycles. The number of aliphatic hydroxyl groups is 1. The molecule has 90 valence electrons. The van der Waals surface area contributed by atoms with Crippen LogP contribution >= 0.6 is 0 Å². The maximum absolute atomic E-state index is 11.8. The fourth-order valence-electron chi connectivity index (χ4n) is 2.00. The summed E-state index contributed by atoms with van der Waals surface area (Å²) in [5, 5.41) is 8.72. The summed E-state index contributed by atoms with van der Waals surface area (Å²) in [6.07, 6.45) is 0.853. The molecule has 1 rings (SSSR count). The maximum Gasteiger partial charge on any atom is 0.216 e. The van der Waals surface area contributed by atoms with Gasteiger partial charge in [0.1, 0.15) is 0 Å². The van der Waals surface area contributed by atoms with E-state index in [1.54, 1.807) is 0 Å². The molecule has 1 aliphatic rings. The third-order valence-corrected chi connectivity index (χ3v) is 4.65. The van der Waals surface area contributed by atoms with Gasteiger partial charge in [-0.2, -0.15) is 4.31 Å². The first kappa shape index (κ1) is 12.9. The molecular weight excluding hydrogens is 216 g/mol. The Morgan fingerprint density at radius 1 is 1.40 bits per heavy atom. The molecule has 0 spiro atoms. The van der Waals surface area contributed by atoms with E-state index in [1.807, 2.05) is 14.0 Å². The van der Waals surface area contributed by atoms with Crippen molar-refractivity contribution in [1.29, 1.82) is 0 Å². The zero-order chi connectivity index (χ0) is 11.5. The van der Waals surface area contributed by atoms with E-state index in [0.29, 0.717) is 6.54 Å². The van der Waals surface area contributed by atoms with Crippen molar-refractivity contribution in [2.75, 3.05) is 39.0 Å². The summed E-state index contributed by atoms with van der Waals surface area (Å²) >= 11 is 0. The molecule has 0 amide bonds. The molecular formula is C9H20N2O3S. The minimum absolute atomic E-state index is 0.00551. The van der Waals surface area contributed by atoms with Gasteiger partial charge in [-0.1, -0.05) is 0 Å². The van der Waals surface area contributed by atoms with E-state index < -0.39 is 10.0 Å². The fraction of sp³-hybridized carbons (Fsp3) is 1.00. The highest BCUT2D eigenvalue weighted by atomic mass is 32.2. The lowest BCUT2D eigenvalue weighted by Crippen LogP contribution is -2.43. The van der Waals surface area contributed by atoms with E-state index >= 15 is 0 Å². The van der Waals surface area contributed by atoms with Crippen molar-refractivity contribution in [3.63, 3.8) is 0 Å². The number of hydrogen-bond acceptors (Lipinski definition) is 4. The lowest BCUT2D eigenvalue weighted by molar-refractivity contribution is 0.284. The Kier molecular flexibility index (Phi) is 4.51. The molecule has 0 aromatic rings. The molecule has 0 saturated carbocycles. The summed E-state index contributed by atoms with van der Waals surface area (Å²) in [5.41, 5.74) is 0. The SMILES string of the molecule is CC1CN(C)CCCN1S(=O)(=O)CCO. The van der Waals surface area contributed by atoms with Gasteiger partial charge in [0.2, 0.25) is 10.0 Å². The van der Waals surface area contributed by atoms with Gasteiger partial charge >= 0.3 is 0 Å². The van der Waals surface area contributed by atoms with Crippen molar-refractivity contribution in [1.82, 2.24) is 9.21 Å². The Balaban J connectivity index is 2.75. The molecule has 0 aromatic heterocycles. The molecule has 1 heterocycles. The number of aliphatic hydroxyl groups excluding tert-OH is 1. The second-order valence-corrected chi connectivity index (χ2v) is 6.16. The van der Waals surface area contributed by atoms with E-state index in [-0.39, 0.29) is 18.4 Å². The third kappa shape index (κ3) is 3.41. The minimum atomic E-state index is -3.27. The molecule has 0 radical (unpaired) electrons. The summed E-state index contributed by atoms with van der Waals surface area (Å²) in [5.74, 6) is -0.166. The van der Waals surface area contributed by atoms with Gasteiger partial charge in [-0.05, 0) is 26.9 Å². The smallest absolute Gasteiger partial charge is 0.216 e. The van der Waals surface area contributed by atoms with Gasteiger partial charge in [0.05, 0.1) is 12.4 Å². The highest BCUT2D eigenvalue weighted by Crippen LogP contribution is 2.13. The molecule has 1 saturated heterocycles. The topological polar surface area (TPSA) is 60.9 Å². The van der Waals surface area contributed by atoms with Crippen LogP contribution in [0.2, 0.25) is 0 Å². The van der Waals surface area contributed by atoms with E-state index in [2.05, 4.69) is 4.90 Å². The molecule has 1 unspecified atom stereocenters. The van der Waals surface area contributed by atoms with Crippen LogP contribution < -0.4 is 0 Å². The highest BCUT2D eigenvalue weighted by molar-refractivity contribution is 7.89. The first-order valence-electron chi connectivity index (χ1n) is 5.26. The molecule has 1 fully saturated rings. The van der Waals surface area contributed by atoms with Crippen molar-refractivity contribution in [3.05, 3.63) is 0 Å². The molecule has 1 N–H and O–H groups in total. The molecule has 1 aliphatic heterocycles. The van der Waals surface area contributed by atoms with Crippen molar-refractivity contribution < 1.29 is 13.5 Å². The van der Waals surface area contributed by atoms with Crippen LogP contribution in [0.4, 0.5) is 0 Å². The van der Waals surface area contributed by atoms with Gasteiger partial charge in [0.25, 0.3) is 0 Å². The van der Waals surface area contributed by atoms with Gasteiger partial charge < -0.3 is 10.0 Å². The van der Waals surface area contributed by atoms with E-state index in [1.165, 1.54) is 4.31 Å². The average molecular weight is 236 g/mol. The van der Waals surface area contributed by atoms with Crippen LogP contribution in [0.5, 0.6) is 0 Å². The van der Waals surface area contributed by atoms with Crippen molar-refractivity contribution in [3.8, 4) is 0 Å². The molecule has 1 atom stereocenters. The van der Waals surface area contributed by atoms with Crippen molar-refractivity contribution in [2.24, 2.45) is 0 Å². The van der Waals surface area contributed by atoms with Gasteiger partial charge in [0.15, 0.2) is 0 Å². The number of sulfonamides is 1. The van der Waals surface area contributed by atoms with Crippen molar-refractivity contribution in [2.45, 2.75) is 19.4 Å². The van der Waals surface area contributed by atoms with Crippen LogP contribution in [0, 0.1) is 0 Å². The molecule has 0 bridgehead atoms. The Labute approximate surface area is 91.7 Å². The second kappa shape index (κ2) is 5.25. The van der Waals surface area contributed by atoms with Crippen LogP contribution in [0.3, 0.4) is 0 Å². The lowest BCUT2D eigenvalue weighted by atomic mass is 10.3. The molecule has 15 heavy (non-hydrogen) atoms. The summed E-state index contributed by atoms with van der Waals surface area (Å²) in [7, 11) is -1.27. The normalized spacial score (nSPS) is 26.5. The zero-order valence-corrected chi connectivity index (χ0v) is 10.2. The molecule has 5 nitrogen and oxygen atoms in total.